The van der Waals surface area contributed by atoms with Crippen LogP contribution in [0.25, 0.3) is 21.8 Å². The topological polar surface area (TPSA) is 50.7 Å². The predicted octanol–water partition coefficient (Wildman–Crippen LogP) is 6.46. The molecule has 0 saturated carbocycles. The van der Waals surface area contributed by atoms with Gasteiger partial charge in [-0.1, -0.05) is 42.5 Å². The van der Waals surface area contributed by atoms with Crippen molar-refractivity contribution in [3.63, 3.8) is 0 Å². The third kappa shape index (κ3) is 4.33. The predicted molar refractivity (Wildman–Crippen MR) is 112 cm³/mol. The van der Waals surface area contributed by atoms with Crippen molar-refractivity contribution in [2.24, 2.45) is 0 Å². The second-order valence-electron chi connectivity index (χ2n) is 6.65. The summed E-state index contributed by atoms with van der Waals surface area (Å²) >= 11 is 1.32. The zero-order valence-corrected chi connectivity index (χ0v) is 16.7. The Labute approximate surface area is 175 Å². The zero-order valence-electron chi connectivity index (χ0n) is 15.9. The molecule has 0 bridgehead atoms. The number of anilines is 1. The normalized spacial score (nSPS) is 12.5. The van der Waals surface area contributed by atoms with E-state index in [0.717, 1.165) is 17.7 Å². The van der Waals surface area contributed by atoms with Crippen molar-refractivity contribution >= 4 is 17.3 Å². The first-order valence-electron chi connectivity index (χ1n) is 9.18. The summed E-state index contributed by atoms with van der Waals surface area (Å²) in [5.41, 5.74) is 3.45. The van der Waals surface area contributed by atoms with Crippen LogP contribution in [-0.4, -0.2) is 15.0 Å². The average Bonchev–Trinajstić information content (AvgIpc) is 3.24. The maximum absolute atomic E-state index is 13.1. The third-order valence-electron chi connectivity index (χ3n) is 4.56. The molecule has 4 aromatic rings. The maximum atomic E-state index is 13.1. The molecule has 0 aliphatic carbocycles. The van der Waals surface area contributed by atoms with E-state index in [0.29, 0.717) is 27.8 Å². The van der Waals surface area contributed by atoms with E-state index < -0.39 is 11.7 Å². The maximum Gasteiger partial charge on any atom is 0.416 e. The van der Waals surface area contributed by atoms with Crippen LogP contribution >= 0.6 is 11.3 Å². The molecule has 2 heterocycles. The molecule has 0 saturated heterocycles. The van der Waals surface area contributed by atoms with Crippen LogP contribution in [0.5, 0.6) is 0 Å². The monoisotopic (exact) mass is 426 g/mol. The van der Waals surface area contributed by atoms with Gasteiger partial charge < -0.3 is 5.32 Å². The molecule has 0 radical (unpaired) electrons. The standard InChI is InChI=1S/C22H17F3N4S/c1-14(15-6-3-2-4-7-15)28-21-26-11-10-18(29-21)20-19(27-13-30-20)16-8-5-9-17(12-16)22(23,24)25/h2-14H,1H3,(H,26,28,29)/t14-/m0/s1. The SMILES string of the molecule is C[C@H](Nc1nccc(-c2scnc2-c2cccc(C(F)(F)F)c2)n1)c1ccccc1. The van der Waals surface area contributed by atoms with Gasteiger partial charge in [0.25, 0.3) is 0 Å². The van der Waals surface area contributed by atoms with Crippen molar-refractivity contribution in [3.05, 3.63) is 83.5 Å². The van der Waals surface area contributed by atoms with Gasteiger partial charge in [0.15, 0.2) is 0 Å². The molecule has 30 heavy (non-hydrogen) atoms. The molecule has 0 amide bonds. The lowest BCUT2D eigenvalue weighted by molar-refractivity contribution is -0.137. The number of nitrogens with zero attached hydrogens (tertiary/aromatic N) is 3. The van der Waals surface area contributed by atoms with E-state index in [-0.39, 0.29) is 6.04 Å². The summed E-state index contributed by atoms with van der Waals surface area (Å²) in [5, 5.41) is 3.26. The highest BCUT2D eigenvalue weighted by atomic mass is 32.1. The van der Waals surface area contributed by atoms with Gasteiger partial charge in [-0.3, -0.25) is 0 Å². The highest BCUT2D eigenvalue weighted by Gasteiger charge is 2.30. The highest BCUT2D eigenvalue weighted by Crippen LogP contribution is 2.37. The Morgan fingerprint density at radius 3 is 2.53 bits per heavy atom. The summed E-state index contributed by atoms with van der Waals surface area (Å²) in [7, 11) is 0. The molecule has 0 fully saturated rings. The van der Waals surface area contributed by atoms with Crippen molar-refractivity contribution in [1.82, 2.24) is 15.0 Å². The van der Waals surface area contributed by atoms with Crippen LogP contribution in [0.2, 0.25) is 0 Å². The molecule has 1 atom stereocenters. The number of aromatic nitrogens is 3. The fraction of sp³-hybridized carbons (Fsp3) is 0.136. The van der Waals surface area contributed by atoms with Gasteiger partial charge in [-0.2, -0.15) is 13.2 Å². The van der Waals surface area contributed by atoms with Crippen LogP contribution in [0.1, 0.15) is 24.1 Å². The van der Waals surface area contributed by atoms with Crippen LogP contribution < -0.4 is 5.32 Å². The van der Waals surface area contributed by atoms with Crippen molar-refractivity contribution in [3.8, 4) is 21.8 Å². The minimum Gasteiger partial charge on any atom is -0.348 e. The number of halogens is 3. The second kappa shape index (κ2) is 8.23. The van der Waals surface area contributed by atoms with E-state index in [4.69, 9.17) is 0 Å². The minimum absolute atomic E-state index is 0.00847. The van der Waals surface area contributed by atoms with Crippen LogP contribution in [0.3, 0.4) is 0 Å². The van der Waals surface area contributed by atoms with Crippen molar-refractivity contribution < 1.29 is 13.2 Å². The first-order valence-corrected chi connectivity index (χ1v) is 10.1. The molecule has 2 aromatic carbocycles. The number of thiazole rings is 1. The number of benzene rings is 2. The molecular formula is C22H17F3N4S. The van der Waals surface area contributed by atoms with Gasteiger partial charge >= 0.3 is 6.18 Å². The lowest BCUT2D eigenvalue weighted by Crippen LogP contribution is -2.09. The van der Waals surface area contributed by atoms with Crippen LogP contribution in [0, 0.1) is 0 Å². The first-order chi connectivity index (χ1) is 14.4. The smallest absolute Gasteiger partial charge is 0.348 e. The van der Waals surface area contributed by atoms with Gasteiger partial charge in [-0.25, -0.2) is 15.0 Å². The number of alkyl halides is 3. The Kier molecular flexibility index (Phi) is 5.50. The van der Waals surface area contributed by atoms with Gasteiger partial charge in [-0.15, -0.1) is 11.3 Å². The summed E-state index contributed by atoms with van der Waals surface area (Å²) in [5.74, 6) is 0.437. The molecule has 0 spiro atoms. The van der Waals surface area contributed by atoms with Crippen LogP contribution in [0.15, 0.2) is 72.4 Å². The Morgan fingerprint density at radius 1 is 0.967 bits per heavy atom. The Bertz CT molecular complexity index is 1140. The number of rotatable bonds is 5. The first kappa shape index (κ1) is 20.0. The molecular weight excluding hydrogens is 409 g/mol. The fourth-order valence-corrected chi connectivity index (χ4v) is 3.83. The number of hydrogen-bond donors (Lipinski definition) is 1. The highest BCUT2D eigenvalue weighted by molar-refractivity contribution is 7.13. The summed E-state index contributed by atoms with van der Waals surface area (Å²) in [4.78, 5) is 13.8. The Morgan fingerprint density at radius 2 is 1.77 bits per heavy atom. The zero-order chi connectivity index (χ0) is 21.1. The Hall–Kier alpha value is -3.26. The van der Waals surface area contributed by atoms with Gasteiger partial charge in [0.1, 0.15) is 0 Å². The quantitative estimate of drug-likeness (QED) is 0.398. The summed E-state index contributed by atoms with van der Waals surface area (Å²) < 4.78 is 39.3. The van der Waals surface area contributed by atoms with Gasteiger partial charge in [-0.05, 0) is 30.7 Å². The van der Waals surface area contributed by atoms with E-state index >= 15 is 0 Å². The molecule has 4 rings (SSSR count). The van der Waals surface area contributed by atoms with Gasteiger partial charge in [0, 0.05) is 11.8 Å². The van der Waals surface area contributed by atoms with Gasteiger partial charge in [0.2, 0.25) is 5.95 Å². The summed E-state index contributed by atoms with van der Waals surface area (Å²) in [6.45, 7) is 2.01. The molecule has 8 heteroatoms. The van der Waals surface area contributed by atoms with Crippen molar-refractivity contribution in [1.29, 1.82) is 0 Å². The number of nitrogens with one attached hydrogen (secondary N) is 1. The van der Waals surface area contributed by atoms with Crippen molar-refractivity contribution in [2.75, 3.05) is 5.32 Å². The Balaban J connectivity index is 1.64. The van der Waals surface area contributed by atoms with E-state index in [1.807, 2.05) is 37.3 Å². The number of hydrogen-bond acceptors (Lipinski definition) is 5. The molecule has 0 aliphatic heterocycles. The van der Waals surface area contributed by atoms with E-state index in [1.165, 1.54) is 17.4 Å². The molecule has 152 valence electrons. The second-order valence-corrected chi connectivity index (χ2v) is 7.51. The van der Waals surface area contributed by atoms with Crippen LogP contribution in [-0.2, 0) is 6.18 Å². The lowest BCUT2D eigenvalue weighted by Gasteiger charge is -2.14. The van der Waals surface area contributed by atoms with Gasteiger partial charge in [0.05, 0.1) is 33.4 Å². The molecule has 4 nitrogen and oxygen atoms in total. The third-order valence-corrected chi connectivity index (χ3v) is 5.41. The summed E-state index contributed by atoms with van der Waals surface area (Å²) in [6, 6.07) is 16.8. The fourth-order valence-electron chi connectivity index (χ4n) is 3.05. The molecule has 2 aromatic heterocycles. The van der Waals surface area contributed by atoms with Crippen LogP contribution in [0.4, 0.5) is 19.1 Å². The van der Waals surface area contributed by atoms with E-state index in [2.05, 4.69) is 20.3 Å². The molecule has 0 aliphatic rings. The largest absolute Gasteiger partial charge is 0.416 e. The molecule has 1 N–H and O–H groups in total. The van der Waals surface area contributed by atoms with E-state index in [1.54, 1.807) is 23.8 Å². The average molecular weight is 426 g/mol. The summed E-state index contributed by atoms with van der Waals surface area (Å²) in [6.07, 6.45) is -2.79. The minimum atomic E-state index is -4.41. The van der Waals surface area contributed by atoms with E-state index in [9.17, 15) is 13.2 Å². The molecule has 0 unspecified atom stereocenters. The lowest BCUT2D eigenvalue weighted by atomic mass is 10.1. The van der Waals surface area contributed by atoms with Crippen molar-refractivity contribution in [2.45, 2.75) is 19.1 Å².